The number of nitrogens with one attached hydrogen (secondary N) is 2. The number of rotatable bonds is 2. The first-order valence-corrected chi connectivity index (χ1v) is 7.91. The van der Waals surface area contributed by atoms with Gasteiger partial charge in [0.1, 0.15) is 0 Å². The number of hydrogen-bond donors (Lipinski definition) is 2. The van der Waals surface area contributed by atoms with Crippen molar-refractivity contribution in [3.8, 4) is 0 Å². The van der Waals surface area contributed by atoms with Crippen molar-refractivity contribution in [2.24, 2.45) is 0 Å². The van der Waals surface area contributed by atoms with Crippen LogP contribution in [0.5, 0.6) is 0 Å². The first-order valence-electron chi connectivity index (χ1n) is 7.03. The van der Waals surface area contributed by atoms with E-state index in [1.165, 1.54) is 10.5 Å². The summed E-state index contributed by atoms with van der Waals surface area (Å²) < 4.78 is 0. The van der Waals surface area contributed by atoms with Crippen molar-refractivity contribution in [2.75, 3.05) is 6.54 Å². The molecule has 4 heteroatoms. The van der Waals surface area contributed by atoms with E-state index < -0.39 is 0 Å². The third kappa shape index (κ3) is 2.79. The Morgan fingerprint density at radius 1 is 1.32 bits per heavy atom. The Hall–Kier alpha value is -1.00. The van der Waals surface area contributed by atoms with Gasteiger partial charge in [-0.1, -0.05) is 25.1 Å². The molecule has 0 radical (unpaired) electrons. The van der Waals surface area contributed by atoms with Crippen LogP contribution < -0.4 is 10.6 Å². The Kier molecular flexibility index (Phi) is 3.80. The summed E-state index contributed by atoms with van der Waals surface area (Å²) in [6.45, 7) is 3.08. The number of piperidine rings is 1. The van der Waals surface area contributed by atoms with Crippen molar-refractivity contribution in [1.29, 1.82) is 0 Å². The molecule has 2 heterocycles. The second-order valence-corrected chi connectivity index (χ2v) is 6.89. The first kappa shape index (κ1) is 13.0. The fourth-order valence-corrected chi connectivity index (χ4v) is 4.16. The molecule has 0 aromatic heterocycles. The van der Waals surface area contributed by atoms with Crippen LogP contribution in [0.15, 0.2) is 29.2 Å². The van der Waals surface area contributed by atoms with Crippen LogP contribution in [-0.4, -0.2) is 23.7 Å². The normalized spacial score (nSPS) is 30.6. The Balaban J connectivity index is 1.79. The Bertz CT molecular complexity index is 477. The molecule has 102 valence electrons. The van der Waals surface area contributed by atoms with Gasteiger partial charge in [0.25, 0.3) is 0 Å². The van der Waals surface area contributed by atoms with Gasteiger partial charge in [0.05, 0.1) is 6.04 Å². The van der Waals surface area contributed by atoms with Gasteiger partial charge >= 0.3 is 0 Å². The quantitative estimate of drug-likeness (QED) is 0.872. The zero-order chi connectivity index (χ0) is 13.2. The highest BCUT2D eigenvalue weighted by atomic mass is 32.2. The van der Waals surface area contributed by atoms with Crippen LogP contribution in [0.1, 0.15) is 37.8 Å². The van der Waals surface area contributed by atoms with Crippen LogP contribution in [0.4, 0.5) is 0 Å². The lowest BCUT2D eigenvalue weighted by Gasteiger charge is -2.33. The zero-order valence-corrected chi connectivity index (χ0v) is 12.0. The molecule has 2 aliphatic heterocycles. The van der Waals surface area contributed by atoms with Gasteiger partial charge in [-0.25, -0.2) is 0 Å². The summed E-state index contributed by atoms with van der Waals surface area (Å²) in [7, 11) is 0. The maximum absolute atomic E-state index is 11.9. The van der Waals surface area contributed by atoms with E-state index >= 15 is 0 Å². The third-order valence-electron chi connectivity index (χ3n) is 3.88. The molecule has 1 aromatic rings. The molecule has 1 aromatic carbocycles. The molecule has 0 bridgehead atoms. The second kappa shape index (κ2) is 5.55. The molecular weight excluding hydrogens is 256 g/mol. The molecule has 3 unspecified atom stereocenters. The average molecular weight is 276 g/mol. The van der Waals surface area contributed by atoms with Gasteiger partial charge in [0, 0.05) is 22.7 Å². The van der Waals surface area contributed by atoms with Crippen molar-refractivity contribution < 1.29 is 4.79 Å². The Labute approximate surface area is 118 Å². The molecule has 1 amide bonds. The second-order valence-electron chi connectivity index (χ2n) is 5.41. The molecule has 2 N–H and O–H groups in total. The maximum atomic E-state index is 11.9. The van der Waals surface area contributed by atoms with E-state index in [9.17, 15) is 4.79 Å². The van der Waals surface area contributed by atoms with Gasteiger partial charge in [0.15, 0.2) is 0 Å². The average Bonchev–Trinajstić information content (AvgIpc) is 2.41. The van der Waals surface area contributed by atoms with E-state index in [1.54, 1.807) is 0 Å². The van der Waals surface area contributed by atoms with Gasteiger partial charge in [0.2, 0.25) is 5.91 Å². The van der Waals surface area contributed by atoms with Crippen LogP contribution in [0.3, 0.4) is 0 Å². The van der Waals surface area contributed by atoms with Crippen LogP contribution >= 0.6 is 11.8 Å². The van der Waals surface area contributed by atoms with E-state index in [0.717, 1.165) is 25.8 Å². The highest BCUT2D eigenvalue weighted by molar-refractivity contribution is 8.00. The number of amides is 1. The molecule has 19 heavy (non-hydrogen) atoms. The summed E-state index contributed by atoms with van der Waals surface area (Å²) in [5.74, 6) is 0.162. The van der Waals surface area contributed by atoms with Gasteiger partial charge in [-0.3, -0.25) is 10.1 Å². The van der Waals surface area contributed by atoms with Gasteiger partial charge in [-0.15, -0.1) is 11.8 Å². The summed E-state index contributed by atoms with van der Waals surface area (Å²) in [6, 6.07) is 8.83. The predicted octanol–water partition coefficient (Wildman–Crippen LogP) is 2.48. The van der Waals surface area contributed by atoms with Crippen LogP contribution in [0.2, 0.25) is 0 Å². The molecule has 3 rings (SSSR count). The van der Waals surface area contributed by atoms with Gasteiger partial charge in [-0.2, -0.15) is 0 Å². The molecule has 3 atom stereocenters. The first-order chi connectivity index (χ1) is 9.24. The zero-order valence-electron chi connectivity index (χ0n) is 11.2. The van der Waals surface area contributed by atoms with Gasteiger partial charge in [-0.05, 0) is 30.9 Å². The van der Waals surface area contributed by atoms with Crippen molar-refractivity contribution in [3.05, 3.63) is 29.8 Å². The van der Waals surface area contributed by atoms with Gasteiger partial charge < -0.3 is 5.32 Å². The standard InChI is InChI=1S/C15H20N2OS/c1-10-9-13(11-5-2-3-7-14(11)19-10)17-12-6-4-8-16-15(12)18/h2-3,5,7,10,12-13,17H,4,6,8-9H2,1H3,(H,16,18). The monoisotopic (exact) mass is 276 g/mol. The number of fused-ring (bicyclic) bond motifs is 1. The predicted molar refractivity (Wildman–Crippen MR) is 78.3 cm³/mol. The fraction of sp³-hybridized carbons (Fsp3) is 0.533. The summed E-state index contributed by atoms with van der Waals surface area (Å²) in [5.41, 5.74) is 1.35. The highest BCUT2D eigenvalue weighted by Crippen LogP contribution is 2.40. The minimum Gasteiger partial charge on any atom is -0.355 e. The van der Waals surface area contributed by atoms with E-state index in [2.05, 4.69) is 41.8 Å². The Morgan fingerprint density at radius 3 is 3.00 bits per heavy atom. The fourth-order valence-electron chi connectivity index (χ4n) is 2.93. The number of carbonyl (C=O) groups is 1. The highest BCUT2D eigenvalue weighted by Gasteiger charge is 2.30. The third-order valence-corrected chi connectivity index (χ3v) is 5.10. The van der Waals surface area contributed by atoms with E-state index in [-0.39, 0.29) is 11.9 Å². The number of thioether (sulfide) groups is 1. The van der Waals surface area contributed by atoms with E-state index in [1.807, 2.05) is 11.8 Å². The lowest BCUT2D eigenvalue weighted by molar-refractivity contribution is -0.124. The minimum absolute atomic E-state index is 0.0258. The summed E-state index contributed by atoms with van der Waals surface area (Å²) in [4.78, 5) is 13.2. The minimum atomic E-state index is -0.0258. The number of carbonyl (C=O) groups excluding carboxylic acids is 1. The summed E-state index contributed by atoms with van der Waals surface area (Å²) in [6.07, 6.45) is 3.11. The molecule has 1 saturated heterocycles. The molecule has 0 spiro atoms. The number of benzene rings is 1. The molecule has 0 saturated carbocycles. The summed E-state index contributed by atoms with van der Waals surface area (Å²) in [5, 5.41) is 7.12. The molecule has 2 aliphatic rings. The molecule has 1 fully saturated rings. The van der Waals surface area contributed by atoms with Crippen LogP contribution in [0.25, 0.3) is 0 Å². The van der Waals surface area contributed by atoms with Crippen molar-refractivity contribution >= 4 is 17.7 Å². The molecule has 0 aliphatic carbocycles. The number of hydrogen-bond acceptors (Lipinski definition) is 3. The SMILES string of the molecule is CC1CC(NC2CCCNC2=O)c2ccccc2S1. The molecular formula is C15H20N2OS. The van der Waals surface area contributed by atoms with Crippen LogP contribution in [0, 0.1) is 0 Å². The van der Waals surface area contributed by atoms with Crippen molar-refractivity contribution in [3.63, 3.8) is 0 Å². The van der Waals surface area contributed by atoms with E-state index in [0.29, 0.717) is 11.3 Å². The summed E-state index contributed by atoms with van der Waals surface area (Å²) >= 11 is 1.94. The lowest BCUT2D eigenvalue weighted by Crippen LogP contribution is -2.49. The largest absolute Gasteiger partial charge is 0.355 e. The Morgan fingerprint density at radius 2 is 2.16 bits per heavy atom. The lowest BCUT2D eigenvalue weighted by atomic mass is 9.98. The molecule has 3 nitrogen and oxygen atoms in total. The smallest absolute Gasteiger partial charge is 0.237 e. The van der Waals surface area contributed by atoms with E-state index in [4.69, 9.17) is 0 Å². The van der Waals surface area contributed by atoms with Crippen LogP contribution in [-0.2, 0) is 4.79 Å². The van der Waals surface area contributed by atoms with Crippen molar-refractivity contribution in [2.45, 2.75) is 48.4 Å². The van der Waals surface area contributed by atoms with Crippen molar-refractivity contribution in [1.82, 2.24) is 10.6 Å². The topological polar surface area (TPSA) is 41.1 Å². The maximum Gasteiger partial charge on any atom is 0.237 e.